The molecule has 1 fully saturated rings. The van der Waals surface area contributed by atoms with Crippen LogP contribution < -0.4 is 16.2 Å². The Hall–Kier alpha value is -2.70. The van der Waals surface area contributed by atoms with Gasteiger partial charge in [0.25, 0.3) is 0 Å². The third kappa shape index (κ3) is 3.21. The molecule has 7 nitrogen and oxygen atoms in total. The van der Waals surface area contributed by atoms with E-state index < -0.39 is 0 Å². The average Bonchev–Trinajstić information content (AvgIpc) is 3.12. The number of hydrogen-bond donors (Lipinski definition) is 1. The number of hydrogen-bond acceptors (Lipinski definition) is 5. The first-order valence-corrected chi connectivity index (χ1v) is 9.38. The molecule has 2 aromatic rings. The number of amidine groups is 1. The van der Waals surface area contributed by atoms with Crippen LogP contribution in [0.25, 0.3) is 0 Å². The summed E-state index contributed by atoms with van der Waals surface area (Å²) in [6, 6.07) is 3.73. The average molecular weight is 351 g/mol. The van der Waals surface area contributed by atoms with E-state index in [1.807, 2.05) is 16.7 Å². The molecule has 0 bridgehead atoms. The minimum Gasteiger partial charge on any atom is -0.324 e. The summed E-state index contributed by atoms with van der Waals surface area (Å²) in [7, 11) is 0. The summed E-state index contributed by atoms with van der Waals surface area (Å²) in [5.41, 5.74) is 0.847. The van der Waals surface area contributed by atoms with Crippen LogP contribution in [0.15, 0.2) is 34.3 Å². The Bertz CT molecular complexity index is 868. The van der Waals surface area contributed by atoms with E-state index in [2.05, 4.69) is 27.5 Å². The molecule has 0 atom stereocenters. The van der Waals surface area contributed by atoms with E-state index in [1.54, 1.807) is 12.4 Å². The van der Waals surface area contributed by atoms with Crippen molar-refractivity contribution in [2.45, 2.75) is 52.0 Å². The number of nitrogens with zero attached hydrogens (tertiary/aromatic N) is 5. The Balaban J connectivity index is 1.72. The van der Waals surface area contributed by atoms with Crippen LogP contribution in [-0.2, 0) is 6.54 Å². The van der Waals surface area contributed by atoms with E-state index in [-0.39, 0.29) is 5.56 Å². The Morgan fingerprint density at radius 2 is 2.12 bits per heavy atom. The minimum atomic E-state index is -0.326. The third-order valence-electron chi connectivity index (χ3n) is 4.92. The molecule has 1 N–H and O–H groups in total. The fraction of sp³-hybridized carbons (Fsp3) is 0.474. The van der Waals surface area contributed by atoms with Gasteiger partial charge >= 0.3 is 5.56 Å². The van der Waals surface area contributed by atoms with E-state index in [9.17, 15) is 4.79 Å². The van der Waals surface area contributed by atoms with Gasteiger partial charge in [-0.05, 0) is 31.4 Å². The zero-order chi connectivity index (χ0) is 17.9. The molecular weight excluding hydrogens is 328 g/mol. The van der Waals surface area contributed by atoms with Crippen LogP contribution in [0.3, 0.4) is 0 Å². The largest absolute Gasteiger partial charge is 0.324 e. The molecule has 0 saturated heterocycles. The van der Waals surface area contributed by atoms with Gasteiger partial charge in [-0.25, -0.2) is 10.3 Å². The van der Waals surface area contributed by atoms with Crippen LogP contribution in [0.1, 0.15) is 45.4 Å². The predicted octanol–water partition coefficient (Wildman–Crippen LogP) is 3.65. The van der Waals surface area contributed by atoms with Gasteiger partial charge in [0.1, 0.15) is 5.84 Å². The van der Waals surface area contributed by atoms with Crippen molar-refractivity contribution < 1.29 is 0 Å². The molecule has 7 heteroatoms. The first kappa shape index (κ1) is 16.8. The summed E-state index contributed by atoms with van der Waals surface area (Å²) < 4.78 is 1.96. The van der Waals surface area contributed by atoms with Crippen molar-refractivity contribution in [3.05, 3.63) is 34.9 Å². The summed E-state index contributed by atoms with van der Waals surface area (Å²) in [6.07, 6.45) is 10.2. The van der Waals surface area contributed by atoms with Crippen LogP contribution in [0.2, 0.25) is 0 Å². The highest BCUT2D eigenvalue weighted by molar-refractivity contribution is 5.96. The van der Waals surface area contributed by atoms with Crippen LogP contribution in [0.5, 0.6) is 0 Å². The first-order valence-electron chi connectivity index (χ1n) is 9.38. The zero-order valence-electron chi connectivity index (χ0n) is 15.0. The van der Waals surface area contributed by atoms with Gasteiger partial charge in [0, 0.05) is 18.7 Å². The second-order valence-electron chi connectivity index (χ2n) is 6.85. The molecule has 2 aromatic heterocycles. The van der Waals surface area contributed by atoms with Crippen LogP contribution >= 0.6 is 0 Å². The lowest BCUT2D eigenvalue weighted by Crippen LogP contribution is -2.24. The maximum absolute atomic E-state index is 12.6. The van der Waals surface area contributed by atoms with Crippen molar-refractivity contribution in [3.63, 3.8) is 0 Å². The molecule has 1 saturated carbocycles. The molecule has 3 heterocycles. The van der Waals surface area contributed by atoms with E-state index in [4.69, 9.17) is 4.99 Å². The second kappa shape index (κ2) is 7.27. The molecule has 0 spiro atoms. The smallest absolute Gasteiger partial charge is 0.302 e. The minimum absolute atomic E-state index is 0.326. The van der Waals surface area contributed by atoms with Gasteiger partial charge in [-0.1, -0.05) is 26.2 Å². The number of nitrogens with one attached hydrogen (secondary N) is 1. The van der Waals surface area contributed by atoms with E-state index in [0.717, 1.165) is 37.3 Å². The van der Waals surface area contributed by atoms with Crippen molar-refractivity contribution in [2.75, 3.05) is 5.32 Å². The van der Waals surface area contributed by atoms with Crippen LogP contribution in [0, 0.1) is 5.92 Å². The van der Waals surface area contributed by atoms with Crippen molar-refractivity contribution in [2.24, 2.45) is 10.9 Å². The fourth-order valence-electron chi connectivity index (χ4n) is 3.63. The number of fused-ring (bicyclic) bond motifs is 1. The highest BCUT2D eigenvalue weighted by Crippen LogP contribution is 2.35. The zero-order valence-corrected chi connectivity index (χ0v) is 15.0. The van der Waals surface area contributed by atoms with Crippen molar-refractivity contribution in [3.8, 4) is 0 Å². The van der Waals surface area contributed by atoms with Gasteiger partial charge in [-0.2, -0.15) is 4.98 Å². The Morgan fingerprint density at radius 3 is 2.85 bits per heavy atom. The molecule has 0 amide bonds. The highest BCUT2D eigenvalue weighted by atomic mass is 16.1. The number of pyridine rings is 1. The van der Waals surface area contributed by atoms with Crippen molar-refractivity contribution in [1.29, 1.82) is 0 Å². The summed E-state index contributed by atoms with van der Waals surface area (Å²) in [5.74, 6) is 2.30. The van der Waals surface area contributed by atoms with Crippen LogP contribution in [-0.4, -0.2) is 20.4 Å². The molecule has 1 aliphatic carbocycles. The van der Waals surface area contributed by atoms with E-state index >= 15 is 0 Å². The standard InChI is InChI=1S/C19H23N6O/c1-2-11-25-17-15(22-16(23-17)13-7-4-3-5-8-13)18(26)24-19(25)21-14-9-6-10-20-12-14/h6,9-10,12-13H,2-5,7-8,11H2,1H3,(H,21,24,26). The van der Waals surface area contributed by atoms with Crippen molar-refractivity contribution >= 4 is 29.0 Å². The Kier molecular flexibility index (Phi) is 4.69. The lowest BCUT2D eigenvalue weighted by molar-refractivity contribution is 0.435. The first-order chi connectivity index (χ1) is 12.8. The number of anilines is 2. The number of aromatic nitrogens is 3. The van der Waals surface area contributed by atoms with E-state index in [0.29, 0.717) is 23.4 Å². The van der Waals surface area contributed by atoms with Gasteiger partial charge in [-0.15, -0.1) is 0 Å². The molecule has 4 rings (SSSR count). The fourth-order valence-corrected chi connectivity index (χ4v) is 3.63. The van der Waals surface area contributed by atoms with E-state index in [1.165, 1.54) is 19.3 Å². The molecule has 2 aliphatic rings. The summed E-state index contributed by atoms with van der Waals surface area (Å²) in [6.45, 7) is 2.81. The number of aliphatic imine (C=N–C) groups is 1. The Labute approximate surface area is 152 Å². The summed E-state index contributed by atoms with van der Waals surface area (Å²) in [4.78, 5) is 25.7. The monoisotopic (exact) mass is 351 g/mol. The summed E-state index contributed by atoms with van der Waals surface area (Å²) in [5, 5.41) is 7.78. The summed E-state index contributed by atoms with van der Waals surface area (Å²) >= 11 is 0. The Morgan fingerprint density at radius 1 is 1.27 bits per heavy atom. The second-order valence-corrected chi connectivity index (χ2v) is 6.85. The molecular formula is C19H23N6O. The molecule has 0 aromatic carbocycles. The van der Waals surface area contributed by atoms with Crippen LogP contribution in [0.4, 0.5) is 23.1 Å². The van der Waals surface area contributed by atoms with Gasteiger partial charge in [0.05, 0.1) is 11.9 Å². The van der Waals surface area contributed by atoms with Gasteiger partial charge < -0.3 is 5.32 Å². The normalized spacial score (nSPS) is 16.7. The highest BCUT2D eigenvalue weighted by Gasteiger charge is 2.30. The predicted molar refractivity (Wildman–Crippen MR) is 102 cm³/mol. The van der Waals surface area contributed by atoms with Gasteiger partial charge in [0.15, 0.2) is 11.5 Å². The maximum atomic E-state index is 12.6. The van der Waals surface area contributed by atoms with Crippen molar-refractivity contribution in [1.82, 2.24) is 19.9 Å². The topological polar surface area (TPSA) is 86.3 Å². The quantitative estimate of drug-likeness (QED) is 0.891. The lowest BCUT2D eigenvalue weighted by Gasteiger charge is -2.20. The molecule has 0 unspecified atom stereocenters. The molecule has 1 radical (unpaired) electrons. The van der Waals surface area contributed by atoms with Gasteiger partial charge in [-0.3, -0.25) is 14.3 Å². The maximum Gasteiger partial charge on any atom is 0.302 e. The molecule has 135 valence electrons. The number of rotatable bonds is 5. The SMILES string of the molecule is CCCn1c(Nc2cccnc2)nc(=O)c2c1N=C(C1CCCCC1)[N]2. The van der Waals surface area contributed by atoms with Gasteiger partial charge in [0.2, 0.25) is 5.95 Å². The molecule has 1 aliphatic heterocycles. The lowest BCUT2D eigenvalue weighted by atomic mass is 9.88. The molecule has 26 heavy (non-hydrogen) atoms. The third-order valence-corrected chi connectivity index (χ3v) is 4.92.